The first-order chi connectivity index (χ1) is 40.5. The molecule has 0 aliphatic rings. The molecule has 0 bridgehead atoms. The third kappa shape index (κ3) is 68.7. The summed E-state index contributed by atoms with van der Waals surface area (Å²) in [5, 5.41) is 0. The summed E-state index contributed by atoms with van der Waals surface area (Å²) in [6.45, 7) is 6.68. The fraction of sp³-hybridized carbons (Fsp3) is 0.908. The quantitative estimate of drug-likeness (QED) is 0.0261. The molecule has 0 spiro atoms. The van der Waals surface area contributed by atoms with Crippen LogP contribution in [0.15, 0.2) is 24.3 Å². The maximum Gasteiger partial charge on any atom is 0.306 e. The molecule has 0 heterocycles. The van der Waals surface area contributed by atoms with Gasteiger partial charge >= 0.3 is 17.9 Å². The number of carbonyl (C=O) groups is 3. The zero-order valence-electron chi connectivity index (χ0n) is 55.8. The lowest BCUT2D eigenvalue weighted by molar-refractivity contribution is -0.167. The minimum Gasteiger partial charge on any atom is -0.462 e. The van der Waals surface area contributed by atoms with E-state index >= 15 is 0 Å². The van der Waals surface area contributed by atoms with E-state index in [0.29, 0.717) is 19.3 Å². The zero-order chi connectivity index (χ0) is 59.2. The van der Waals surface area contributed by atoms with Crippen molar-refractivity contribution in [2.24, 2.45) is 0 Å². The van der Waals surface area contributed by atoms with Gasteiger partial charge < -0.3 is 14.2 Å². The zero-order valence-corrected chi connectivity index (χ0v) is 55.8. The molecule has 0 amide bonds. The first-order valence-electron chi connectivity index (χ1n) is 37.3. The Hall–Kier alpha value is -2.11. The molecular weight excluding hydrogens is 1010 g/mol. The Kier molecular flexibility index (Phi) is 69.5. The van der Waals surface area contributed by atoms with E-state index in [9.17, 15) is 14.4 Å². The Morgan fingerprint density at radius 2 is 0.451 bits per heavy atom. The van der Waals surface area contributed by atoms with Crippen molar-refractivity contribution in [3.05, 3.63) is 24.3 Å². The SMILES string of the molecule is CCCC/C=C\C/C=C\CCCCCCCC(=O)OCC(COC(=O)CCCCCCCCCCCCCCCCCCCCCCCCCCCCCCCC)OC(=O)CCCCCCCCCCCCCCCCCCCCCC. The van der Waals surface area contributed by atoms with E-state index in [1.165, 1.54) is 308 Å². The van der Waals surface area contributed by atoms with Gasteiger partial charge in [-0.3, -0.25) is 14.4 Å². The van der Waals surface area contributed by atoms with Crippen molar-refractivity contribution in [1.82, 2.24) is 0 Å². The fourth-order valence-corrected chi connectivity index (χ4v) is 11.6. The highest BCUT2D eigenvalue weighted by atomic mass is 16.6. The normalized spacial score (nSPS) is 12.1. The highest BCUT2D eigenvalue weighted by molar-refractivity contribution is 5.71. The maximum absolute atomic E-state index is 13.0. The van der Waals surface area contributed by atoms with Crippen molar-refractivity contribution in [3.8, 4) is 0 Å². The molecule has 0 fully saturated rings. The minimum atomic E-state index is -0.774. The molecule has 0 radical (unpaired) electrons. The van der Waals surface area contributed by atoms with Crippen LogP contribution in [0, 0.1) is 0 Å². The van der Waals surface area contributed by atoms with Crippen molar-refractivity contribution in [2.75, 3.05) is 13.2 Å². The molecule has 0 saturated heterocycles. The van der Waals surface area contributed by atoms with Crippen LogP contribution in [0.2, 0.25) is 0 Å². The number of allylic oxidation sites excluding steroid dienone is 4. The van der Waals surface area contributed by atoms with Crippen molar-refractivity contribution >= 4 is 17.9 Å². The summed E-state index contributed by atoms with van der Waals surface area (Å²) in [7, 11) is 0. The van der Waals surface area contributed by atoms with E-state index in [4.69, 9.17) is 14.2 Å². The van der Waals surface area contributed by atoms with Crippen LogP contribution in [0.3, 0.4) is 0 Å². The van der Waals surface area contributed by atoms with Crippen molar-refractivity contribution < 1.29 is 28.6 Å². The molecule has 6 heteroatoms. The topological polar surface area (TPSA) is 78.9 Å². The highest BCUT2D eigenvalue weighted by Crippen LogP contribution is 2.20. The van der Waals surface area contributed by atoms with E-state index in [0.717, 1.165) is 77.0 Å². The van der Waals surface area contributed by atoms with E-state index in [1.54, 1.807) is 0 Å². The number of esters is 3. The predicted octanol–water partition coefficient (Wildman–Crippen LogP) is 25.7. The van der Waals surface area contributed by atoms with Crippen LogP contribution in [-0.2, 0) is 28.6 Å². The van der Waals surface area contributed by atoms with Crippen LogP contribution in [0.1, 0.15) is 425 Å². The summed E-state index contributed by atoms with van der Waals surface area (Å²) in [6, 6.07) is 0. The molecule has 1 atom stereocenters. The van der Waals surface area contributed by atoms with E-state index in [1.807, 2.05) is 0 Å². The first kappa shape index (κ1) is 79.9. The number of hydrogen-bond acceptors (Lipinski definition) is 6. The standard InChI is InChI=1S/C76H144O6/c1-4-7-10-13-16-19-22-25-28-30-32-34-35-36-37-38-39-40-41-42-43-45-46-48-51-54-57-60-63-66-69-75(78)81-72-73(71-80-74(77)68-65-62-59-56-53-50-27-24-21-18-15-12-9-6-3)82-76(79)70-67-64-61-58-55-52-49-47-44-33-31-29-26-23-20-17-14-11-8-5-2/h15,18,24,27,73H,4-14,16-17,19-23,25-26,28-72H2,1-3H3/b18-15-,27-24-. The lowest BCUT2D eigenvalue weighted by Gasteiger charge is -2.18. The van der Waals surface area contributed by atoms with Gasteiger partial charge in [0.2, 0.25) is 0 Å². The van der Waals surface area contributed by atoms with Gasteiger partial charge in [-0.05, 0) is 44.9 Å². The molecule has 6 nitrogen and oxygen atoms in total. The van der Waals surface area contributed by atoms with Crippen molar-refractivity contribution in [2.45, 2.75) is 431 Å². The van der Waals surface area contributed by atoms with Gasteiger partial charge in [-0.1, -0.05) is 385 Å². The fourth-order valence-electron chi connectivity index (χ4n) is 11.6. The molecule has 0 N–H and O–H groups in total. The van der Waals surface area contributed by atoms with Crippen LogP contribution < -0.4 is 0 Å². The number of hydrogen-bond donors (Lipinski definition) is 0. The Balaban J connectivity index is 4.16. The largest absolute Gasteiger partial charge is 0.462 e. The third-order valence-electron chi connectivity index (χ3n) is 17.2. The smallest absolute Gasteiger partial charge is 0.306 e. The van der Waals surface area contributed by atoms with Gasteiger partial charge in [0, 0.05) is 19.3 Å². The van der Waals surface area contributed by atoms with E-state index in [-0.39, 0.29) is 31.1 Å². The summed E-state index contributed by atoms with van der Waals surface area (Å²) in [4.78, 5) is 38.5. The van der Waals surface area contributed by atoms with E-state index in [2.05, 4.69) is 45.1 Å². The van der Waals surface area contributed by atoms with Crippen LogP contribution >= 0.6 is 0 Å². The van der Waals surface area contributed by atoms with Gasteiger partial charge in [0.25, 0.3) is 0 Å². The van der Waals surface area contributed by atoms with Crippen LogP contribution in [-0.4, -0.2) is 37.2 Å². The summed E-state index contributed by atoms with van der Waals surface area (Å²) < 4.78 is 17.0. The third-order valence-corrected chi connectivity index (χ3v) is 17.2. The Morgan fingerprint density at radius 3 is 0.707 bits per heavy atom. The summed E-state index contributed by atoms with van der Waals surface area (Å²) in [6.07, 6.45) is 88.0. The molecule has 1 unspecified atom stereocenters. The summed E-state index contributed by atoms with van der Waals surface area (Å²) in [5.41, 5.74) is 0. The molecule has 0 saturated carbocycles. The number of ether oxygens (including phenoxy) is 3. The molecule has 0 aliphatic heterocycles. The molecule has 0 rings (SSSR count). The monoisotopic (exact) mass is 1150 g/mol. The second-order valence-corrected chi connectivity index (χ2v) is 25.6. The lowest BCUT2D eigenvalue weighted by atomic mass is 10.0. The molecule has 484 valence electrons. The van der Waals surface area contributed by atoms with Gasteiger partial charge in [0.05, 0.1) is 0 Å². The van der Waals surface area contributed by atoms with Crippen LogP contribution in [0.5, 0.6) is 0 Å². The average Bonchev–Trinajstić information content (AvgIpc) is 3.48. The van der Waals surface area contributed by atoms with Gasteiger partial charge in [-0.15, -0.1) is 0 Å². The van der Waals surface area contributed by atoms with Gasteiger partial charge in [-0.2, -0.15) is 0 Å². The second kappa shape index (κ2) is 71.4. The predicted molar refractivity (Wildman–Crippen MR) is 358 cm³/mol. The molecule has 0 aliphatic carbocycles. The van der Waals surface area contributed by atoms with Crippen LogP contribution in [0.4, 0.5) is 0 Å². The van der Waals surface area contributed by atoms with Gasteiger partial charge in [-0.25, -0.2) is 0 Å². The van der Waals surface area contributed by atoms with Crippen LogP contribution in [0.25, 0.3) is 0 Å². The summed E-state index contributed by atoms with van der Waals surface area (Å²) >= 11 is 0. The van der Waals surface area contributed by atoms with E-state index < -0.39 is 6.10 Å². The molecule has 82 heavy (non-hydrogen) atoms. The number of rotatable bonds is 70. The number of unbranched alkanes of at least 4 members (excludes halogenated alkanes) is 55. The second-order valence-electron chi connectivity index (χ2n) is 25.6. The molecule has 0 aromatic carbocycles. The Bertz CT molecular complexity index is 1320. The molecular formula is C76H144O6. The molecule has 0 aromatic heterocycles. The lowest BCUT2D eigenvalue weighted by Crippen LogP contribution is -2.30. The van der Waals surface area contributed by atoms with Gasteiger partial charge in [0.15, 0.2) is 6.10 Å². The Morgan fingerprint density at radius 1 is 0.244 bits per heavy atom. The average molecular weight is 1150 g/mol. The summed E-state index contributed by atoms with van der Waals surface area (Å²) in [5.74, 6) is -0.849. The number of carbonyl (C=O) groups excluding carboxylic acids is 3. The van der Waals surface area contributed by atoms with Crippen molar-refractivity contribution in [3.63, 3.8) is 0 Å². The maximum atomic E-state index is 13.0. The van der Waals surface area contributed by atoms with Gasteiger partial charge in [0.1, 0.15) is 13.2 Å². The minimum absolute atomic E-state index is 0.0692. The first-order valence-corrected chi connectivity index (χ1v) is 37.3. The Labute approximate surface area is 513 Å². The van der Waals surface area contributed by atoms with Crippen molar-refractivity contribution in [1.29, 1.82) is 0 Å². The highest BCUT2D eigenvalue weighted by Gasteiger charge is 2.20. The molecule has 0 aromatic rings.